The highest BCUT2D eigenvalue weighted by Gasteiger charge is 2.27. The monoisotopic (exact) mass is 531 g/mol. The van der Waals surface area contributed by atoms with E-state index < -0.39 is 6.04 Å². The number of hydrogen-bond acceptors (Lipinski definition) is 2. The quantitative estimate of drug-likeness (QED) is 0.171. The van der Waals surface area contributed by atoms with Crippen molar-refractivity contribution in [3.63, 3.8) is 0 Å². The van der Waals surface area contributed by atoms with Crippen LogP contribution in [0.2, 0.25) is 0 Å². The average molecular weight is 532 g/mol. The van der Waals surface area contributed by atoms with Gasteiger partial charge in [0.2, 0.25) is 0 Å². The third-order valence-corrected chi connectivity index (χ3v) is 12.2. The Bertz CT molecular complexity index is 1460. The normalized spacial score (nSPS) is 12.5. The molecule has 1 nitrogen and oxygen atoms in total. The zero-order valence-corrected chi connectivity index (χ0v) is 23.3. The second kappa shape index (κ2) is 12.9. The van der Waals surface area contributed by atoms with E-state index in [2.05, 4.69) is 151 Å². The van der Waals surface area contributed by atoms with Gasteiger partial charge >= 0.3 is 0 Å². The fourth-order valence-electron chi connectivity index (χ4n) is 4.92. The molecule has 0 radical (unpaired) electrons. The first-order chi connectivity index (χ1) is 18.7. The maximum atomic E-state index is 6.76. The number of aryl methyl sites for hydroxylation is 2. The van der Waals surface area contributed by atoms with Crippen LogP contribution in [-0.4, -0.2) is 18.1 Å². The molecule has 0 aliphatic heterocycles. The van der Waals surface area contributed by atoms with E-state index in [1.165, 1.54) is 27.5 Å². The molecule has 1 unspecified atom stereocenters. The van der Waals surface area contributed by atoms with Crippen LogP contribution in [0.25, 0.3) is 16.8 Å². The molecule has 0 aromatic heterocycles. The summed E-state index contributed by atoms with van der Waals surface area (Å²) in [7, 11) is 0. The first-order valence-corrected chi connectivity index (χ1v) is 16.6. The lowest BCUT2D eigenvalue weighted by Crippen LogP contribution is -2.22. The van der Waals surface area contributed by atoms with Gasteiger partial charge in [-0.3, -0.25) is 0 Å². The van der Waals surface area contributed by atoms with E-state index in [1.54, 1.807) is 0 Å². The van der Waals surface area contributed by atoms with Gasteiger partial charge in [-0.15, -0.1) is 0 Å². The minimum absolute atomic E-state index is 0.0796. The van der Waals surface area contributed by atoms with Gasteiger partial charge in [0.25, 0.3) is 0 Å². The molecule has 0 aliphatic carbocycles. The molecule has 0 amide bonds. The summed E-state index contributed by atoms with van der Waals surface area (Å²) in [6, 6.07) is 45.3. The van der Waals surface area contributed by atoms with Gasteiger partial charge in [0.1, 0.15) is 0 Å². The molecule has 190 valence electrons. The maximum absolute atomic E-state index is 6.76. The van der Waals surface area contributed by atoms with E-state index in [1.807, 2.05) is 0 Å². The molecule has 3 heteroatoms. The number of nitrogens with one attached hydrogen (secondary N) is 1. The Balaban J connectivity index is 1.51. The van der Waals surface area contributed by atoms with Crippen LogP contribution >= 0.6 is 6.04 Å². The second-order valence-corrected chi connectivity index (χ2v) is 15.3. The summed E-state index contributed by atoms with van der Waals surface area (Å²) >= 11 is 6.76. The minimum atomic E-state index is -1.91. The van der Waals surface area contributed by atoms with E-state index >= 15 is 0 Å². The molecule has 1 N–H and O–H groups in total. The molecular weight excluding hydrogens is 497 g/mol. The van der Waals surface area contributed by atoms with Crippen LogP contribution in [0.4, 0.5) is 5.69 Å². The summed E-state index contributed by atoms with van der Waals surface area (Å²) in [5.74, 6) is 0.0796. The third-order valence-electron chi connectivity index (χ3n) is 7.11. The van der Waals surface area contributed by atoms with Crippen molar-refractivity contribution in [1.82, 2.24) is 0 Å². The van der Waals surface area contributed by atoms with Gasteiger partial charge in [0, 0.05) is 11.1 Å². The minimum Gasteiger partial charge on any atom is -0.374 e. The molecule has 0 spiro atoms. The summed E-state index contributed by atoms with van der Waals surface area (Å²) < 4.78 is 0. The molecule has 0 bridgehead atoms. The van der Waals surface area contributed by atoms with Crippen molar-refractivity contribution in [3.05, 3.63) is 156 Å². The zero-order valence-electron chi connectivity index (χ0n) is 21.6. The second-order valence-electron chi connectivity index (χ2n) is 9.76. The van der Waals surface area contributed by atoms with Gasteiger partial charge in [0.05, 0.1) is 5.78 Å². The van der Waals surface area contributed by atoms with Crippen molar-refractivity contribution in [3.8, 4) is 0 Å². The smallest absolute Gasteiger partial charge is 0.0737 e. The van der Waals surface area contributed by atoms with Gasteiger partial charge < -0.3 is 5.32 Å². The van der Waals surface area contributed by atoms with Crippen molar-refractivity contribution in [2.45, 2.75) is 18.6 Å². The van der Waals surface area contributed by atoms with Crippen molar-refractivity contribution in [2.24, 2.45) is 0 Å². The molecule has 0 saturated carbocycles. The summed E-state index contributed by atoms with van der Waals surface area (Å²) in [6.45, 7) is 0. The van der Waals surface area contributed by atoms with Crippen LogP contribution < -0.4 is 5.32 Å². The largest absolute Gasteiger partial charge is 0.374 e. The lowest BCUT2D eigenvalue weighted by atomic mass is 10.1. The lowest BCUT2D eigenvalue weighted by Gasteiger charge is -2.32. The number of hydrogen-bond donors (Lipinski definition) is 1. The van der Waals surface area contributed by atoms with Crippen molar-refractivity contribution >= 4 is 40.4 Å². The number of benzene rings is 5. The van der Waals surface area contributed by atoms with Gasteiger partial charge in [-0.25, -0.2) is 0 Å². The Morgan fingerprint density at radius 1 is 0.605 bits per heavy atom. The summed E-state index contributed by atoms with van der Waals surface area (Å²) in [5, 5.41) is 6.44. The highest BCUT2D eigenvalue weighted by Crippen LogP contribution is 2.53. The number of fused-ring (bicyclic) bond motifs is 1. The molecular formula is C35H34NPS. The molecule has 0 heterocycles. The van der Waals surface area contributed by atoms with Gasteiger partial charge in [0.15, 0.2) is 0 Å². The van der Waals surface area contributed by atoms with Crippen LogP contribution in [0.3, 0.4) is 0 Å². The third kappa shape index (κ3) is 6.90. The fourth-order valence-corrected chi connectivity index (χ4v) is 8.66. The first kappa shape index (κ1) is 26.2. The van der Waals surface area contributed by atoms with E-state index in [9.17, 15) is 0 Å². The molecule has 5 aromatic carbocycles. The summed E-state index contributed by atoms with van der Waals surface area (Å²) in [6.07, 6.45) is 8.61. The van der Waals surface area contributed by atoms with Crippen molar-refractivity contribution in [1.29, 1.82) is 0 Å². The van der Waals surface area contributed by atoms with Crippen LogP contribution in [0.1, 0.15) is 16.7 Å². The van der Waals surface area contributed by atoms with Crippen LogP contribution in [0.5, 0.6) is 0 Å². The maximum Gasteiger partial charge on any atom is 0.0737 e. The molecule has 38 heavy (non-hydrogen) atoms. The highest BCUT2D eigenvalue weighted by atomic mass is 32.4. The molecule has 0 saturated heterocycles. The average Bonchev–Trinajstić information content (AvgIpc) is 2.99. The lowest BCUT2D eigenvalue weighted by molar-refractivity contribution is 1.07. The molecule has 1 atom stereocenters. The highest BCUT2D eigenvalue weighted by molar-refractivity contribution is 8.15. The van der Waals surface area contributed by atoms with Crippen LogP contribution in [0.15, 0.2) is 140 Å². The number of anilines is 1. The topological polar surface area (TPSA) is 12.0 Å². The van der Waals surface area contributed by atoms with Crippen LogP contribution in [0, 0.1) is 0 Å². The summed E-state index contributed by atoms with van der Waals surface area (Å²) in [5.41, 5.74) is 5.07. The molecule has 5 aromatic rings. The Labute approximate surface area is 232 Å². The van der Waals surface area contributed by atoms with E-state index in [4.69, 9.17) is 11.8 Å². The number of rotatable bonds is 11. The van der Waals surface area contributed by atoms with E-state index in [-0.39, 0.29) is 5.78 Å². The van der Waals surface area contributed by atoms with Gasteiger partial charge in [-0.2, -0.15) is 0 Å². The predicted octanol–water partition coefficient (Wildman–Crippen LogP) is 9.26. The van der Waals surface area contributed by atoms with Gasteiger partial charge in [-0.05, 0) is 59.3 Å². The SMILES string of the molecule is S=P(CCc1ccccc1)(CCc1ccccc1)C(/C=C/c1ccccc1)Nc1cccc2ccccc12. The Hall–Kier alpha value is -3.45. The Morgan fingerprint density at radius 3 is 1.76 bits per heavy atom. The molecule has 0 fully saturated rings. The van der Waals surface area contributed by atoms with Crippen LogP contribution in [-0.2, 0) is 24.6 Å². The Morgan fingerprint density at radius 2 is 1.13 bits per heavy atom. The standard InChI is InChI=1S/C35H34NPS/c38-37(27-25-30-15-6-2-7-16-30,28-26-31-17-8-3-9-18-31)35(24-23-29-13-4-1-5-14-29)36-34-22-12-20-32-19-10-11-21-33(32)34/h1-24,35-36H,25-28H2/b24-23+. The zero-order chi connectivity index (χ0) is 26.0. The fraction of sp³-hybridized carbons (Fsp3) is 0.143. The summed E-state index contributed by atoms with van der Waals surface area (Å²) in [4.78, 5) is 0. The van der Waals surface area contributed by atoms with E-state index in [0.29, 0.717) is 0 Å². The first-order valence-electron chi connectivity index (χ1n) is 13.3. The predicted molar refractivity (Wildman–Crippen MR) is 171 cm³/mol. The van der Waals surface area contributed by atoms with E-state index in [0.717, 1.165) is 30.9 Å². The molecule has 0 aliphatic rings. The molecule has 5 rings (SSSR count). The van der Waals surface area contributed by atoms with Crippen molar-refractivity contribution in [2.75, 3.05) is 17.6 Å². The Kier molecular flexibility index (Phi) is 8.86. The van der Waals surface area contributed by atoms with Gasteiger partial charge in [-0.1, -0.05) is 151 Å². The van der Waals surface area contributed by atoms with Crippen molar-refractivity contribution < 1.29 is 0 Å².